The lowest BCUT2D eigenvalue weighted by molar-refractivity contribution is 0.229. The molecule has 1 saturated heterocycles. The molecule has 1 aliphatic rings. The van der Waals surface area contributed by atoms with Crippen LogP contribution in [0, 0.1) is 0 Å². The Labute approximate surface area is 232 Å². The van der Waals surface area contributed by atoms with Crippen molar-refractivity contribution in [1.29, 1.82) is 0 Å². The highest BCUT2D eigenvalue weighted by Gasteiger charge is 2.21. The number of pyridine rings is 1. The third kappa shape index (κ3) is 5.38. The van der Waals surface area contributed by atoms with Crippen molar-refractivity contribution in [2.24, 2.45) is 0 Å². The Morgan fingerprint density at radius 3 is 2.14 bits per heavy atom. The Morgan fingerprint density at radius 1 is 0.784 bits per heavy atom. The molecule has 1 aromatic heterocycles. The highest BCUT2D eigenvalue weighted by atomic mass is 35.5. The number of piperazine rings is 1. The molecule has 0 bridgehead atoms. The SMILES string of the molecule is CN(C)CCN1CCN(c2cc(-c3ccccc3Cl)c3ccc(=O)n(-c4c(Cl)cccc4Cl)c3c2)CC1. The van der Waals surface area contributed by atoms with Gasteiger partial charge in [-0.3, -0.25) is 14.3 Å². The van der Waals surface area contributed by atoms with Gasteiger partial charge in [0.25, 0.3) is 5.56 Å². The largest absolute Gasteiger partial charge is 0.369 e. The lowest BCUT2D eigenvalue weighted by Crippen LogP contribution is -2.48. The van der Waals surface area contributed by atoms with E-state index in [1.807, 2.05) is 30.3 Å². The summed E-state index contributed by atoms with van der Waals surface area (Å²) in [5, 5.41) is 2.39. The van der Waals surface area contributed by atoms with E-state index >= 15 is 0 Å². The first-order chi connectivity index (χ1) is 17.8. The minimum atomic E-state index is -0.196. The van der Waals surface area contributed by atoms with Crippen LogP contribution in [0.2, 0.25) is 15.1 Å². The first kappa shape index (κ1) is 26.1. The van der Waals surface area contributed by atoms with Gasteiger partial charge >= 0.3 is 0 Å². The average Bonchev–Trinajstić information content (AvgIpc) is 2.88. The van der Waals surface area contributed by atoms with Crippen LogP contribution < -0.4 is 10.5 Å². The topological polar surface area (TPSA) is 31.7 Å². The number of hydrogen-bond donors (Lipinski definition) is 0. The number of nitrogens with zero attached hydrogens (tertiary/aromatic N) is 4. The summed E-state index contributed by atoms with van der Waals surface area (Å²) < 4.78 is 1.62. The van der Waals surface area contributed by atoms with Gasteiger partial charge in [-0.15, -0.1) is 0 Å². The van der Waals surface area contributed by atoms with E-state index in [-0.39, 0.29) is 5.56 Å². The standard InChI is InChI=1S/C29H29Cl3N4O/c1-33(2)12-13-34-14-16-35(17-15-34)20-18-23(21-6-3-4-7-24(21)30)22-10-11-28(37)36(27(22)19-20)29-25(31)8-5-9-26(29)32/h3-11,18-19H,12-17H2,1-2H3. The van der Waals surface area contributed by atoms with Gasteiger partial charge in [0.2, 0.25) is 0 Å². The molecule has 0 saturated carbocycles. The van der Waals surface area contributed by atoms with Crippen molar-refractivity contribution in [3.8, 4) is 16.8 Å². The van der Waals surface area contributed by atoms with Crippen LogP contribution in [-0.4, -0.2) is 67.7 Å². The highest BCUT2D eigenvalue weighted by molar-refractivity contribution is 6.38. The van der Waals surface area contributed by atoms with E-state index in [0.29, 0.717) is 20.8 Å². The molecule has 2 heterocycles. The molecule has 0 radical (unpaired) electrons. The number of likely N-dealkylation sites (N-methyl/N-ethyl adjacent to an activating group) is 1. The fraction of sp³-hybridized carbons (Fsp3) is 0.276. The van der Waals surface area contributed by atoms with Gasteiger partial charge in [-0.25, -0.2) is 0 Å². The van der Waals surface area contributed by atoms with Gasteiger partial charge in [-0.1, -0.05) is 59.1 Å². The van der Waals surface area contributed by atoms with Crippen LogP contribution >= 0.6 is 34.8 Å². The molecule has 0 aliphatic carbocycles. The maximum absolute atomic E-state index is 13.3. The van der Waals surface area contributed by atoms with Crippen molar-refractivity contribution >= 4 is 51.4 Å². The Morgan fingerprint density at radius 2 is 1.46 bits per heavy atom. The van der Waals surface area contributed by atoms with Gasteiger partial charge in [0.15, 0.2) is 0 Å². The van der Waals surface area contributed by atoms with Crippen molar-refractivity contribution in [3.05, 3.63) is 92.2 Å². The van der Waals surface area contributed by atoms with Gasteiger partial charge < -0.3 is 9.80 Å². The molecule has 8 heteroatoms. The first-order valence-electron chi connectivity index (χ1n) is 12.3. The average molecular weight is 556 g/mol. The predicted molar refractivity (Wildman–Crippen MR) is 157 cm³/mol. The maximum Gasteiger partial charge on any atom is 0.255 e. The van der Waals surface area contributed by atoms with Crippen LogP contribution in [0.5, 0.6) is 0 Å². The molecule has 3 aromatic carbocycles. The molecule has 4 aromatic rings. The molecule has 1 aliphatic heterocycles. The number of rotatable bonds is 6. The van der Waals surface area contributed by atoms with Crippen LogP contribution in [-0.2, 0) is 0 Å². The number of para-hydroxylation sites is 1. The van der Waals surface area contributed by atoms with Crippen molar-refractivity contribution in [2.45, 2.75) is 0 Å². The Bertz CT molecular complexity index is 1470. The Balaban J connectivity index is 1.68. The lowest BCUT2D eigenvalue weighted by atomic mass is 9.98. The van der Waals surface area contributed by atoms with Gasteiger partial charge in [0.1, 0.15) is 0 Å². The van der Waals surface area contributed by atoms with Crippen LogP contribution in [0.4, 0.5) is 5.69 Å². The minimum Gasteiger partial charge on any atom is -0.369 e. The molecule has 1 fully saturated rings. The quantitative estimate of drug-likeness (QED) is 0.279. The van der Waals surface area contributed by atoms with Crippen LogP contribution in [0.1, 0.15) is 0 Å². The summed E-state index contributed by atoms with van der Waals surface area (Å²) in [5.41, 5.74) is 3.94. The van der Waals surface area contributed by atoms with Gasteiger partial charge in [0.05, 0.1) is 21.2 Å². The predicted octanol–water partition coefficient (Wildman–Crippen LogP) is 6.30. The molecule has 0 N–H and O–H groups in total. The summed E-state index contributed by atoms with van der Waals surface area (Å²) in [6, 6.07) is 20.8. The monoisotopic (exact) mass is 554 g/mol. The van der Waals surface area contributed by atoms with Crippen LogP contribution in [0.15, 0.2) is 71.5 Å². The molecule has 0 amide bonds. The molecular weight excluding hydrogens is 527 g/mol. The molecule has 37 heavy (non-hydrogen) atoms. The van der Waals surface area contributed by atoms with Crippen molar-refractivity contribution in [2.75, 3.05) is 58.3 Å². The van der Waals surface area contributed by atoms with Gasteiger partial charge in [-0.2, -0.15) is 0 Å². The van der Waals surface area contributed by atoms with E-state index in [9.17, 15) is 4.79 Å². The van der Waals surface area contributed by atoms with Crippen LogP contribution in [0.25, 0.3) is 27.7 Å². The van der Waals surface area contributed by atoms with E-state index in [1.54, 1.807) is 28.8 Å². The van der Waals surface area contributed by atoms with E-state index < -0.39 is 0 Å². The number of fused-ring (bicyclic) bond motifs is 1. The van der Waals surface area contributed by atoms with E-state index in [2.05, 4.69) is 40.9 Å². The number of hydrogen-bond acceptors (Lipinski definition) is 4. The Hall–Kier alpha value is -2.54. The second-order valence-electron chi connectivity index (χ2n) is 9.62. The summed E-state index contributed by atoms with van der Waals surface area (Å²) in [4.78, 5) is 20.4. The zero-order valence-corrected chi connectivity index (χ0v) is 23.2. The number of aromatic nitrogens is 1. The van der Waals surface area contributed by atoms with Crippen molar-refractivity contribution in [3.63, 3.8) is 0 Å². The fourth-order valence-electron chi connectivity index (χ4n) is 4.92. The zero-order valence-electron chi connectivity index (χ0n) is 20.9. The van der Waals surface area contributed by atoms with Gasteiger partial charge in [0, 0.05) is 67.0 Å². The fourth-order valence-corrected chi connectivity index (χ4v) is 5.72. The normalized spacial score (nSPS) is 14.6. The van der Waals surface area contributed by atoms with E-state index in [4.69, 9.17) is 34.8 Å². The molecule has 5 nitrogen and oxygen atoms in total. The number of halogens is 3. The second-order valence-corrected chi connectivity index (χ2v) is 10.8. The maximum atomic E-state index is 13.3. The Kier molecular flexibility index (Phi) is 7.80. The van der Waals surface area contributed by atoms with Gasteiger partial charge in [-0.05, 0) is 56.1 Å². The number of benzene rings is 3. The van der Waals surface area contributed by atoms with Crippen molar-refractivity contribution in [1.82, 2.24) is 14.4 Å². The summed E-state index contributed by atoms with van der Waals surface area (Å²) in [6.07, 6.45) is 0. The van der Waals surface area contributed by atoms with E-state index in [1.165, 1.54) is 0 Å². The number of anilines is 1. The molecule has 0 unspecified atom stereocenters. The zero-order chi connectivity index (χ0) is 26.1. The van der Waals surface area contributed by atoms with Crippen molar-refractivity contribution < 1.29 is 0 Å². The molecule has 5 rings (SSSR count). The highest BCUT2D eigenvalue weighted by Crippen LogP contribution is 2.38. The minimum absolute atomic E-state index is 0.196. The second kappa shape index (κ2) is 11.1. The molecule has 0 atom stereocenters. The summed E-state index contributed by atoms with van der Waals surface area (Å²) in [5.74, 6) is 0. The third-order valence-electron chi connectivity index (χ3n) is 6.92. The summed E-state index contributed by atoms with van der Waals surface area (Å²) >= 11 is 19.9. The molecular formula is C29H29Cl3N4O. The molecule has 0 spiro atoms. The molecule has 192 valence electrons. The van der Waals surface area contributed by atoms with E-state index in [0.717, 1.165) is 67.0 Å². The third-order valence-corrected chi connectivity index (χ3v) is 7.86. The lowest BCUT2D eigenvalue weighted by Gasteiger charge is -2.37. The summed E-state index contributed by atoms with van der Waals surface area (Å²) in [6.45, 7) is 5.83. The smallest absolute Gasteiger partial charge is 0.255 e. The van der Waals surface area contributed by atoms with Crippen LogP contribution in [0.3, 0.4) is 0 Å². The summed E-state index contributed by atoms with van der Waals surface area (Å²) in [7, 11) is 4.21. The first-order valence-corrected chi connectivity index (χ1v) is 13.5.